The van der Waals surface area contributed by atoms with Gasteiger partial charge < -0.3 is 5.73 Å². The van der Waals surface area contributed by atoms with Crippen molar-refractivity contribution >= 4 is 0 Å². The van der Waals surface area contributed by atoms with Crippen molar-refractivity contribution < 1.29 is 0 Å². The van der Waals surface area contributed by atoms with E-state index in [0.717, 1.165) is 24.7 Å². The first kappa shape index (κ1) is 8.69. The molecule has 1 unspecified atom stereocenters. The van der Waals surface area contributed by atoms with Crippen LogP contribution in [0.25, 0.3) is 0 Å². The Morgan fingerprint density at radius 3 is 3.08 bits per heavy atom. The summed E-state index contributed by atoms with van der Waals surface area (Å²) < 4.78 is 1.92. The normalized spacial score (nSPS) is 18.9. The van der Waals surface area contributed by atoms with Crippen molar-refractivity contribution in [2.24, 2.45) is 11.7 Å². The fourth-order valence-electron chi connectivity index (χ4n) is 1.61. The van der Waals surface area contributed by atoms with Crippen LogP contribution < -0.4 is 5.73 Å². The number of hydrogen-bond donors (Lipinski definition) is 1. The molecule has 0 bridgehead atoms. The molecule has 1 aromatic rings. The quantitative estimate of drug-likeness (QED) is 0.737. The maximum Gasteiger partial charge on any atom is 0.138 e. The third-order valence-corrected chi connectivity index (χ3v) is 2.64. The number of rotatable bonds is 4. The summed E-state index contributed by atoms with van der Waals surface area (Å²) in [6, 6.07) is 0.287. The Bertz CT molecular complexity index is 277. The zero-order chi connectivity index (χ0) is 9.26. The highest BCUT2D eigenvalue weighted by atomic mass is 15.3. The van der Waals surface area contributed by atoms with Crippen molar-refractivity contribution in [3.63, 3.8) is 0 Å². The molecule has 2 N–H and O–H groups in total. The smallest absolute Gasteiger partial charge is 0.138 e. The molecule has 1 aliphatic carbocycles. The van der Waals surface area contributed by atoms with E-state index in [1.54, 1.807) is 6.33 Å². The Morgan fingerprint density at radius 2 is 2.46 bits per heavy atom. The van der Waals surface area contributed by atoms with Crippen molar-refractivity contribution in [1.29, 1.82) is 0 Å². The van der Waals surface area contributed by atoms with Gasteiger partial charge in [0.2, 0.25) is 0 Å². The molecule has 0 aliphatic heterocycles. The molecule has 4 nitrogen and oxygen atoms in total. The average molecular weight is 180 g/mol. The van der Waals surface area contributed by atoms with E-state index >= 15 is 0 Å². The Morgan fingerprint density at radius 1 is 1.69 bits per heavy atom. The predicted octanol–water partition coefficient (Wildman–Crippen LogP) is 0.578. The maximum absolute atomic E-state index is 6.01. The van der Waals surface area contributed by atoms with Gasteiger partial charge in [0.25, 0.3) is 0 Å². The van der Waals surface area contributed by atoms with E-state index in [4.69, 9.17) is 5.73 Å². The second kappa shape index (κ2) is 3.46. The molecule has 0 spiro atoms. The molecule has 1 fully saturated rings. The van der Waals surface area contributed by atoms with E-state index in [1.807, 2.05) is 4.68 Å². The van der Waals surface area contributed by atoms with Gasteiger partial charge in [0.1, 0.15) is 12.2 Å². The minimum absolute atomic E-state index is 0.287. The molecule has 1 aromatic heterocycles. The highest BCUT2D eigenvalue weighted by Crippen LogP contribution is 2.32. The second-order valence-electron chi connectivity index (χ2n) is 3.70. The summed E-state index contributed by atoms with van der Waals surface area (Å²) in [6.45, 7) is 2.95. The van der Waals surface area contributed by atoms with Crippen LogP contribution in [0.3, 0.4) is 0 Å². The number of hydrogen-bond acceptors (Lipinski definition) is 3. The first-order valence-electron chi connectivity index (χ1n) is 4.93. The lowest BCUT2D eigenvalue weighted by Crippen LogP contribution is -2.26. The van der Waals surface area contributed by atoms with E-state index in [9.17, 15) is 0 Å². The molecule has 1 aliphatic rings. The van der Waals surface area contributed by atoms with Crippen molar-refractivity contribution in [1.82, 2.24) is 14.8 Å². The Hall–Kier alpha value is -0.900. The van der Waals surface area contributed by atoms with Crippen LogP contribution in [-0.2, 0) is 13.0 Å². The fraction of sp³-hybridized carbons (Fsp3) is 0.778. The first-order valence-corrected chi connectivity index (χ1v) is 4.93. The molecule has 0 radical (unpaired) electrons. The molecular weight excluding hydrogens is 164 g/mol. The zero-order valence-corrected chi connectivity index (χ0v) is 7.98. The highest BCUT2D eigenvalue weighted by molar-refractivity contribution is 4.94. The van der Waals surface area contributed by atoms with Crippen LogP contribution in [0, 0.1) is 5.92 Å². The molecule has 0 saturated heterocycles. The molecular formula is C9H16N4. The molecule has 1 heterocycles. The van der Waals surface area contributed by atoms with Crippen molar-refractivity contribution in [2.45, 2.75) is 38.8 Å². The second-order valence-corrected chi connectivity index (χ2v) is 3.70. The molecule has 0 aromatic carbocycles. The van der Waals surface area contributed by atoms with Crippen LogP contribution >= 0.6 is 0 Å². The van der Waals surface area contributed by atoms with Gasteiger partial charge in [-0.15, -0.1) is 0 Å². The summed E-state index contributed by atoms with van der Waals surface area (Å²) in [4.78, 5) is 4.21. The number of nitrogens with two attached hydrogens (primary N) is 1. The fourth-order valence-corrected chi connectivity index (χ4v) is 1.61. The Kier molecular flexibility index (Phi) is 2.31. The van der Waals surface area contributed by atoms with Crippen LogP contribution in [0.1, 0.15) is 25.6 Å². The Labute approximate surface area is 78.1 Å². The summed E-state index contributed by atoms with van der Waals surface area (Å²) in [7, 11) is 0. The zero-order valence-electron chi connectivity index (χ0n) is 7.98. The lowest BCUT2D eigenvalue weighted by molar-refractivity contribution is 0.534. The van der Waals surface area contributed by atoms with Gasteiger partial charge in [-0.1, -0.05) is 0 Å². The van der Waals surface area contributed by atoms with Gasteiger partial charge >= 0.3 is 0 Å². The summed E-state index contributed by atoms with van der Waals surface area (Å²) in [5, 5.41) is 4.12. The summed E-state index contributed by atoms with van der Waals surface area (Å²) in [6.07, 6.45) is 5.07. The van der Waals surface area contributed by atoms with Crippen LogP contribution in [0.5, 0.6) is 0 Å². The molecule has 72 valence electrons. The Balaban J connectivity index is 1.99. The topological polar surface area (TPSA) is 56.7 Å². The minimum Gasteiger partial charge on any atom is -0.327 e. The van der Waals surface area contributed by atoms with Crippen LogP contribution in [0.2, 0.25) is 0 Å². The monoisotopic (exact) mass is 180 g/mol. The van der Waals surface area contributed by atoms with Gasteiger partial charge in [0.05, 0.1) is 0 Å². The molecule has 2 rings (SSSR count). The average Bonchev–Trinajstić information content (AvgIpc) is 2.88. The largest absolute Gasteiger partial charge is 0.327 e. The van der Waals surface area contributed by atoms with Gasteiger partial charge in [-0.2, -0.15) is 5.10 Å². The van der Waals surface area contributed by atoms with E-state index in [0.29, 0.717) is 0 Å². The standard InChI is InChI=1S/C9H16N4/c1-2-13-9(11-6-12-13)5-8(10)7-3-4-7/h6-8H,2-5,10H2,1H3. The highest BCUT2D eigenvalue weighted by Gasteiger charge is 2.29. The van der Waals surface area contributed by atoms with Gasteiger partial charge in [-0.25, -0.2) is 4.98 Å². The number of nitrogens with zero attached hydrogens (tertiary/aromatic N) is 3. The SMILES string of the molecule is CCn1ncnc1CC(N)C1CC1. The van der Waals surface area contributed by atoms with E-state index in [2.05, 4.69) is 17.0 Å². The summed E-state index contributed by atoms with van der Waals surface area (Å²) in [5.41, 5.74) is 6.01. The lowest BCUT2D eigenvalue weighted by Gasteiger charge is -2.09. The third-order valence-electron chi connectivity index (χ3n) is 2.64. The maximum atomic E-state index is 6.01. The molecule has 13 heavy (non-hydrogen) atoms. The molecule has 1 saturated carbocycles. The lowest BCUT2D eigenvalue weighted by atomic mass is 10.1. The van der Waals surface area contributed by atoms with Crippen LogP contribution in [0.15, 0.2) is 6.33 Å². The van der Waals surface area contributed by atoms with Gasteiger partial charge in [0, 0.05) is 19.0 Å². The van der Waals surface area contributed by atoms with Gasteiger partial charge in [-0.3, -0.25) is 4.68 Å². The van der Waals surface area contributed by atoms with Crippen molar-refractivity contribution in [2.75, 3.05) is 0 Å². The molecule has 0 amide bonds. The van der Waals surface area contributed by atoms with Crippen LogP contribution in [0.4, 0.5) is 0 Å². The predicted molar refractivity (Wildman–Crippen MR) is 50.1 cm³/mol. The summed E-state index contributed by atoms with van der Waals surface area (Å²) in [5.74, 6) is 1.77. The minimum atomic E-state index is 0.287. The van der Waals surface area contributed by atoms with Crippen molar-refractivity contribution in [3.8, 4) is 0 Å². The molecule has 1 atom stereocenters. The third kappa shape index (κ3) is 1.88. The van der Waals surface area contributed by atoms with Crippen molar-refractivity contribution in [3.05, 3.63) is 12.2 Å². The number of aromatic nitrogens is 3. The van der Waals surface area contributed by atoms with Gasteiger partial charge in [-0.05, 0) is 25.7 Å². The van der Waals surface area contributed by atoms with Gasteiger partial charge in [0.15, 0.2) is 0 Å². The van der Waals surface area contributed by atoms with E-state index in [1.165, 1.54) is 12.8 Å². The summed E-state index contributed by atoms with van der Waals surface area (Å²) >= 11 is 0. The molecule has 4 heteroatoms. The van der Waals surface area contributed by atoms with E-state index < -0.39 is 0 Å². The van der Waals surface area contributed by atoms with Crippen LogP contribution in [-0.4, -0.2) is 20.8 Å². The van der Waals surface area contributed by atoms with E-state index in [-0.39, 0.29) is 6.04 Å². The number of aryl methyl sites for hydroxylation is 1. The first-order chi connectivity index (χ1) is 6.31.